The Balaban J connectivity index is 2.39. The van der Waals surface area contributed by atoms with Gasteiger partial charge in [-0.15, -0.1) is 0 Å². The topological polar surface area (TPSA) is 65.4 Å². The summed E-state index contributed by atoms with van der Waals surface area (Å²) in [6, 6.07) is 5.36. The summed E-state index contributed by atoms with van der Waals surface area (Å²) in [7, 11) is 0. The molecule has 4 heteroatoms. The zero-order valence-electron chi connectivity index (χ0n) is 5.94. The van der Waals surface area contributed by atoms with Gasteiger partial charge in [-0.2, -0.15) is 0 Å². The summed E-state index contributed by atoms with van der Waals surface area (Å²) in [6.07, 6.45) is 0.295. The lowest BCUT2D eigenvalue weighted by Gasteiger charge is -2.05. The van der Waals surface area contributed by atoms with Crippen LogP contribution in [0.4, 0.5) is 5.82 Å². The molecule has 1 heterocycles. The van der Waals surface area contributed by atoms with Gasteiger partial charge in [0.1, 0.15) is 5.82 Å². The van der Waals surface area contributed by atoms with E-state index in [1.807, 2.05) is 6.07 Å². The number of hydrogen-bond acceptors (Lipinski definition) is 4. The number of anilines is 1. The highest BCUT2D eigenvalue weighted by Gasteiger charge is 1.95. The average molecular weight is 154 g/mol. The first-order valence-electron chi connectivity index (χ1n) is 3.30. The monoisotopic (exact) mass is 154 g/mol. The van der Waals surface area contributed by atoms with Crippen LogP contribution in [0.5, 0.6) is 0 Å². The minimum atomic E-state index is -1.34. The van der Waals surface area contributed by atoms with Crippen molar-refractivity contribution in [3.63, 3.8) is 0 Å². The molecular weight excluding hydrogens is 144 g/mol. The van der Waals surface area contributed by atoms with Crippen LogP contribution in [-0.4, -0.2) is 28.0 Å². The van der Waals surface area contributed by atoms with E-state index in [1.165, 1.54) is 0 Å². The number of aliphatic hydroxyl groups is 2. The third-order valence-electron chi connectivity index (χ3n) is 1.13. The summed E-state index contributed by atoms with van der Waals surface area (Å²) in [5, 5.41) is 19.7. The molecular formula is C7H10N2O2. The van der Waals surface area contributed by atoms with Crippen molar-refractivity contribution in [3.05, 3.63) is 24.4 Å². The van der Waals surface area contributed by atoms with Gasteiger partial charge in [-0.3, -0.25) is 0 Å². The molecule has 11 heavy (non-hydrogen) atoms. The van der Waals surface area contributed by atoms with E-state index in [0.717, 1.165) is 0 Å². The number of aromatic nitrogens is 1. The van der Waals surface area contributed by atoms with Gasteiger partial charge in [0.2, 0.25) is 0 Å². The van der Waals surface area contributed by atoms with Crippen molar-refractivity contribution >= 4 is 5.82 Å². The number of aliphatic hydroxyl groups excluding tert-OH is 1. The fourth-order valence-corrected chi connectivity index (χ4v) is 0.663. The molecule has 0 aliphatic heterocycles. The van der Waals surface area contributed by atoms with Crippen LogP contribution in [0.25, 0.3) is 0 Å². The molecule has 60 valence electrons. The van der Waals surface area contributed by atoms with E-state index < -0.39 is 6.29 Å². The molecule has 1 rings (SSSR count). The molecule has 0 aliphatic carbocycles. The zero-order chi connectivity index (χ0) is 8.10. The number of pyridine rings is 1. The van der Waals surface area contributed by atoms with Crippen molar-refractivity contribution in [2.24, 2.45) is 0 Å². The molecule has 1 aromatic heterocycles. The summed E-state index contributed by atoms with van der Waals surface area (Å²) >= 11 is 0. The second kappa shape index (κ2) is 3.90. The molecule has 0 saturated carbocycles. The van der Waals surface area contributed by atoms with Crippen LogP contribution in [0.15, 0.2) is 24.4 Å². The van der Waals surface area contributed by atoms with E-state index in [4.69, 9.17) is 10.2 Å². The van der Waals surface area contributed by atoms with Crippen LogP contribution in [0.2, 0.25) is 0 Å². The molecule has 0 aromatic carbocycles. The molecule has 0 bridgehead atoms. The number of hydrogen-bond donors (Lipinski definition) is 3. The van der Waals surface area contributed by atoms with Gasteiger partial charge >= 0.3 is 0 Å². The molecule has 4 nitrogen and oxygen atoms in total. The van der Waals surface area contributed by atoms with Crippen LogP contribution < -0.4 is 5.32 Å². The maximum atomic E-state index is 8.48. The molecule has 0 amide bonds. The van der Waals surface area contributed by atoms with Gasteiger partial charge < -0.3 is 15.5 Å². The predicted molar refractivity (Wildman–Crippen MR) is 41.0 cm³/mol. The molecule has 3 N–H and O–H groups in total. The Morgan fingerprint density at radius 3 is 2.82 bits per heavy atom. The lowest BCUT2D eigenvalue weighted by Crippen LogP contribution is -2.18. The smallest absolute Gasteiger partial charge is 0.169 e. The van der Waals surface area contributed by atoms with E-state index in [9.17, 15) is 0 Å². The highest BCUT2D eigenvalue weighted by Crippen LogP contribution is 1.98. The Morgan fingerprint density at radius 2 is 2.27 bits per heavy atom. The number of nitrogens with zero attached hydrogens (tertiary/aromatic N) is 1. The van der Waals surface area contributed by atoms with Gasteiger partial charge in [-0.1, -0.05) is 6.07 Å². The second-order valence-electron chi connectivity index (χ2n) is 2.08. The van der Waals surface area contributed by atoms with Gasteiger partial charge in [0, 0.05) is 6.20 Å². The fourth-order valence-electron chi connectivity index (χ4n) is 0.663. The minimum Gasteiger partial charge on any atom is -0.367 e. The van der Waals surface area contributed by atoms with Gasteiger partial charge in [0.15, 0.2) is 6.29 Å². The first kappa shape index (κ1) is 7.97. The van der Waals surface area contributed by atoms with Crippen LogP contribution in [0.1, 0.15) is 0 Å². The van der Waals surface area contributed by atoms with Crippen LogP contribution in [-0.2, 0) is 0 Å². The standard InChI is InChI=1S/C7H10N2O2/c10-7(11)5-9-6-3-1-2-4-8-6/h1-4,7,10-11H,5H2,(H,8,9). The van der Waals surface area contributed by atoms with Crippen molar-refractivity contribution in [2.45, 2.75) is 6.29 Å². The van der Waals surface area contributed by atoms with Crippen molar-refractivity contribution in [1.82, 2.24) is 4.98 Å². The molecule has 0 atom stereocenters. The molecule has 0 fully saturated rings. The highest BCUT2D eigenvalue weighted by molar-refractivity contribution is 5.32. The molecule has 0 aliphatic rings. The normalized spacial score (nSPS) is 10.1. The second-order valence-corrected chi connectivity index (χ2v) is 2.08. The molecule has 0 unspecified atom stereocenters. The summed E-state index contributed by atoms with van der Waals surface area (Å²) in [5.41, 5.74) is 0. The molecule has 0 saturated heterocycles. The Morgan fingerprint density at radius 1 is 1.45 bits per heavy atom. The maximum absolute atomic E-state index is 8.48. The van der Waals surface area contributed by atoms with Gasteiger partial charge in [-0.25, -0.2) is 4.98 Å². The van der Waals surface area contributed by atoms with Crippen molar-refractivity contribution in [3.8, 4) is 0 Å². The lowest BCUT2D eigenvalue weighted by molar-refractivity contribution is -0.0276. The number of rotatable bonds is 3. The first-order chi connectivity index (χ1) is 5.29. The fraction of sp³-hybridized carbons (Fsp3) is 0.286. The third-order valence-corrected chi connectivity index (χ3v) is 1.13. The van der Waals surface area contributed by atoms with E-state index in [0.29, 0.717) is 5.82 Å². The average Bonchev–Trinajstić information content (AvgIpc) is 2.03. The Hall–Kier alpha value is -1.13. The van der Waals surface area contributed by atoms with Crippen LogP contribution in [0.3, 0.4) is 0 Å². The van der Waals surface area contributed by atoms with E-state index >= 15 is 0 Å². The highest BCUT2D eigenvalue weighted by atomic mass is 16.5. The quantitative estimate of drug-likeness (QED) is 0.528. The molecule has 0 radical (unpaired) electrons. The molecule has 0 spiro atoms. The van der Waals surface area contributed by atoms with E-state index in [-0.39, 0.29) is 6.54 Å². The number of nitrogens with one attached hydrogen (secondary N) is 1. The predicted octanol–water partition coefficient (Wildman–Crippen LogP) is -0.196. The SMILES string of the molecule is OC(O)CNc1ccccn1. The summed E-state index contributed by atoms with van der Waals surface area (Å²) < 4.78 is 0. The first-order valence-corrected chi connectivity index (χ1v) is 3.30. The summed E-state index contributed by atoms with van der Waals surface area (Å²) in [6.45, 7) is 0.0943. The molecule has 1 aromatic rings. The Labute approximate surface area is 64.5 Å². The Bertz CT molecular complexity index is 201. The van der Waals surface area contributed by atoms with Crippen molar-refractivity contribution in [1.29, 1.82) is 0 Å². The third kappa shape index (κ3) is 2.97. The van der Waals surface area contributed by atoms with Gasteiger partial charge in [-0.05, 0) is 12.1 Å². The van der Waals surface area contributed by atoms with Crippen LogP contribution in [0, 0.1) is 0 Å². The zero-order valence-corrected chi connectivity index (χ0v) is 5.94. The van der Waals surface area contributed by atoms with Crippen LogP contribution >= 0.6 is 0 Å². The summed E-state index contributed by atoms with van der Waals surface area (Å²) in [5.74, 6) is 0.639. The lowest BCUT2D eigenvalue weighted by atomic mass is 10.4. The van der Waals surface area contributed by atoms with E-state index in [1.54, 1.807) is 18.3 Å². The minimum absolute atomic E-state index is 0.0943. The van der Waals surface area contributed by atoms with Crippen molar-refractivity contribution in [2.75, 3.05) is 11.9 Å². The Kier molecular flexibility index (Phi) is 2.83. The largest absolute Gasteiger partial charge is 0.367 e. The van der Waals surface area contributed by atoms with E-state index in [2.05, 4.69) is 10.3 Å². The maximum Gasteiger partial charge on any atom is 0.169 e. The van der Waals surface area contributed by atoms with Crippen molar-refractivity contribution < 1.29 is 10.2 Å². The summed E-state index contributed by atoms with van der Waals surface area (Å²) in [4.78, 5) is 3.92. The van der Waals surface area contributed by atoms with Gasteiger partial charge in [0.25, 0.3) is 0 Å². The van der Waals surface area contributed by atoms with Gasteiger partial charge in [0.05, 0.1) is 6.54 Å².